The molecule has 0 spiro atoms. The molecule has 2 aromatic carbocycles. The zero-order valence-corrected chi connectivity index (χ0v) is 19.6. The molecule has 0 radical (unpaired) electrons. The molecular formula is C24H26N6O2S. The first kappa shape index (κ1) is 21.5. The molecule has 0 amide bonds. The first-order chi connectivity index (χ1) is 16.2. The van der Waals surface area contributed by atoms with Crippen LogP contribution in [0.25, 0.3) is 17.1 Å². The van der Waals surface area contributed by atoms with Crippen molar-refractivity contribution in [2.45, 2.75) is 37.1 Å². The molecule has 2 aromatic heterocycles. The van der Waals surface area contributed by atoms with Crippen molar-refractivity contribution in [2.24, 2.45) is 0 Å². The second-order valence-corrected chi connectivity index (χ2v) is 8.90. The van der Waals surface area contributed by atoms with E-state index in [1.807, 2.05) is 55.5 Å². The first-order valence-corrected chi connectivity index (χ1v) is 12.1. The Balaban J connectivity index is 1.44. The highest BCUT2D eigenvalue weighted by Gasteiger charge is 2.24. The minimum atomic E-state index is 0.492. The van der Waals surface area contributed by atoms with Crippen LogP contribution in [0.1, 0.15) is 30.7 Å². The summed E-state index contributed by atoms with van der Waals surface area (Å²) >= 11 is 1.52. The van der Waals surface area contributed by atoms with Gasteiger partial charge in [0.2, 0.25) is 17.7 Å². The lowest BCUT2D eigenvalue weighted by molar-refractivity contribution is 0.391. The average molecular weight is 463 g/mol. The number of hydrogen-bond donors (Lipinski definition) is 0. The summed E-state index contributed by atoms with van der Waals surface area (Å²) in [6, 6.07) is 16.0. The lowest BCUT2D eigenvalue weighted by atomic mass is 10.1. The summed E-state index contributed by atoms with van der Waals surface area (Å²) in [6.45, 7) is 3.99. The van der Waals surface area contributed by atoms with Gasteiger partial charge in [-0.05, 0) is 43.9 Å². The Morgan fingerprint density at radius 2 is 1.79 bits per heavy atom. The van der Waals surface area contributed by atoms with Crippen LogP contribution in [0.4, 0.5) is 5.95 Å². The first-order valence-electron chi connectivity index (χ1n) is 11.1. The van der Waals surface area contributed by atoms with Crippen LogP contribution in [-0.2, 0) is 5.75 Å². The largest absolute Gasteiger partial charge is 0.495 e. The maximum Gasteiger partial charge on any atom is 0.237 e. The Morgan fingerprint density at radius 3 is 2.61 bits per heavy atom. The van der Waals surface area contributed by atoms with Gasteiger partial charge in [-0.25, -0.2) is 0 Å². The van der Waals surface area contributed by atoms with Crippen LogP contribution in [0.5, 0.6) is 5.75 Å². The van der Waals surface area contributed by atoms with Gasteiger partial charge in [-0.15, -0.1) is 10.2 Å². The molecule has 1 saturated heterocycles. The normalized spacial score (nSPS) is 13.9. The fourth-order valence-electron chi connectivity index (χ4n) is 4.05. The lowest BCUT2D eigenvalue weighted by Crippen LogP contribution is -2.31. The van der Waals surface area contributed by atoms with E-state index in [2.05, 4.69) is 29.8 Å². The summed E-state index contributed by atoms with van der Waals surface area (Å²) in [4.78, 5) is 6.90. The predicted molar refractivity (Wildman–Crippen MR) is 128 cm³/mol. The van der Waals surface area contributed by atoms with Crippen molar-refractivity contribution in [3.8, 4) is 22.8 Å². The molecule has 1 aliphatic rings. The molecule has 9 heteroatoms. The fourth-order valence-corrected chi connectivity index (χ4v) is 4.83. The highest BCUT2D eigenvalue weighted by atomic mass is 32.2. The van der Waals surface area contributed by atoms with E-state index in [-0.39, 0.29) is 0 Å². The number of benzene rings is 2. The number of anilines is 1. The topological polar surface area (TPSA) is 82.1 Å². The molecule has 0 bridgehead atoms. The lowest BCUT2D eigenvalue weighted by Gasteiger charge is -2.28. The van der Waals surface area contributed by atoms with E-state index in [0.29, 0.717) is 17.5 Å². The van der Waals surface area contributed by atoms with Crippen LogP contribution in [-0.4, -0.2) is 45.1 Å². The highest BCUT2D eigenvalue weighted by Crippen LogP contribution is 2.34. The summed E-state index contributed by atoms with van der Waals surface area (Å²) in [5, 5.41) is 14.0. The van der Waals surface area contributed by atoms with E-state index in [1.165, 1.54) is 18.2 Å². The number of rotatable bonds is 7. The van der Waals surface area contributed by atoms with Gasteiger partial charge in [0.15, 0.2) is 5.16 Å². The van der Waals surface area contributed by atoms with Crippen LogP contribution < -0.4 is 9.64 Å². The maximum atomic E-state index is 5.65. The van der Waals surface area contributed by atoms with Gasteiger partial charge < -0.3 is 14.2 Å². The third-order valence-corrected chi connectivity index (χ3v) is 6.67. The van der Waals surface area contributed by atoms with Gasteiger partial charge in [0.25, 0.3) is 0 Å². The van der Waals surface area contributed by atoms with Gasteiger partial charge in [0.1, 0.15) is 5.75 Å². The van der Waals surface area contributed by atoms with Crippen molar-refractivity contribution in [3.05, 3.63) is 60.0 Å². The number of methoxy groups -OCH3 is 1. The number of nitrogens with zero attached hydrogens (tertiary/aromatic N) is 6. The van der Waals surface area contributed by atoms with Gasteiger partial charge in [-0.2, -0.15) is 4.98 Å². The van der Waals surface area contributed by atoms with Gasteiger partial charge in [-0.3, -0.25) is 4.57 Å². The standard InChI is InChI=1S/C24H26N6O2S/c1-17-10-4-5-11-18(17)22-25-21(32-28-22)16-33-24-27-26-23(29-14-8-3-9-15-29)30(24)19-12-6-7-13-20(19)31-2/h4-7,10-13H,3,8-9,14-16H2,1-2H3. The molecule has 170 valence electrons. The van der Waals surface area contributed by atoms with Gasteiger partial charge in [-0.1, -0.05) is 53.3 Å². The molecule has 0 saturated carbocycles. The molecule has 8 nitrogen and oxygen atoms in total. The zero-order chi connectivity index (χ0) is 22.6. The zero-order valence-electron chi connectivity index (χ0n) is 18.8. The van der Waals surface area contributed by atoms with E-state index in [4.69, 9.17) is 9.26 Å². The SMILES string of the molecule is COc1ccccc1-n1c(SCc2nc(-c3ccccc3C)no2)nnc1N1CCCCC1. The molecule has 0 unspecified atom stereocenters. The Labute approximate surface area is 197 Å². The number of ether oxygens (including phenoxy) is 1. The minimum absolute atomic E-state index is 0.492. The number of thioether (sulfide) groups is 1. The van der Waals surface area contributed by atoms with Crippen molar-refractivity contribution in [1.82, 2.24) is 24.9 Å². The van der Waals surface area contributed by atoms with Crippen LogP contribution in [0, 0.1) is 6.92 Å². The molecule has 1 fully saturated rings. The number of para-hydroxylation sites is 2. The molecular weight excluding hydrogens is 436 g/mol. The minimum Gasteiger partial charge on any atom is -0.495 e. The van der Waals surface area contributed by atoms with E-state index in [1.54, 1.807) is 7.11 Å². The van der Waals surface area contributed by atoms with Crippen LogP contribution in [0.15, 0.2) is 58.2 Å². The van der Waals surface area contributed by atoms with Gasteiger partial charge >= 0.3 is 0 Å². The molecule has 5 rings (SSSR count). The smallest absolute Gasteiger partial charge is 0.237 e. The van der Waals surface area contributed by atoms with Gasteiger partial charge in [0.05, 0.1) is 18.6 Å². The Kier molecular flexibility index (Phi) is 6.30. The molecule has 1 aliphatic heterocycles. The fraction of sp³-hybridized carbons (Fsp3) is 0.333. The number of hydrogen-bond acceptors (Lipinski definition) is 8. The predicted octanol–water partition coefficient (Wildman–Crippen LogP) is 4.92. The van der Waals surface area contributed by atoms with Gasteiger partial charge in [0, 0.05) is 18.7 Å². The van der Waals surface area contributed by atoms with E-state index >= 15 is 0 Å². The van der Waals surface area contributed by atoms with Crippen LogP contribution in [0.3, 0.4) is 0 Å². The molecule has 4 aromatic rings. The summed E-state index contributed by atoms with van der Waals surface area (Å²) in [7, 11) is 1.68. The number of piperidine rings is 1. The summed E-state index contributed by atoms with van der Waals surface area (Å²) in [5.41, 5.74) is 3.00. The Hall–Kier alpha value is -3.33. The van der Waals surface area contributed by atoms with Crippen molar-refractivity contribution in [1.29, 1.82) is 0 Å². The summed E-state index contributed by atoms with van der Waals surface area (Å²) in [5.74, 6) is 3.26. The second kappa shape index (κ2) is 9.66. The Bertz CT molecular complexity index is 1230. The summed E-state index contributed by atoms with van der Waals surface area (Å²) in [6.07, 6.45) is 3.57. The Morgan fingerprint density at radius 1 is 1.00 bits per heavy atom. The molecule has 0 atom stereocenters. The third kappa shape index (κ3) is 4.45. The maximum absolute atomic E-state index is 5.65. The van der Waals surface area contributed by atoms with Crippen molar-refractivity contribution >= 4 is 17.7 Å². The van der Waals surface area contributed by atoms with E-state index < -0.39 is 0 Å². The number of aryl methyl sites for hydroxylation is 1. The molecule has 0 aliphatic carbocycles. The van der Waals surface area contributed by atoms with Crippen molar-refractivity contribution in [2.75, 3.05) is 25.1 Å². The average Bonchev–Trinajstić information content (AvgIpc) is 3.51. The molecule has 3 heterocycles. The second-order valence-electron chi connectivity index (χ2n) is 7.95. The molecule has 33 heavy (non-hydrogen) atoms. The van der Waals surface area contributed by atoms with Crippen LogP contribution in [0.2, 0.25) is 0 Å². The van der Waals surface area contributed by atoms with E-state index in [0.717, 1.165) is 59.6 Å². The summed E-state index contributed by atoms with van der Waals surface area (Å²) < 4.78 is 13.3. The molecule has 0 N–H and O–H groups in total. The van der Waals surface area contributed by atoms with E-state index in [9.17, 15) is 0 Å². The quantitative estimate of drug-likeness (QED) is 0.358. The third-order valence-electron chi connectivity index (χ3n) is 5.76. The van der Waals surface area contributed by atoms with Crippen LogP contribution >= 0.6 is 11.8 Å². The van der Waals surface area contributed by atoms with Crippen molar-refractivity contribution in [3.63, 3.8) is 0 Å². The highest BCUT2D eigenvalue weighted by molar-refractivity contribution is 7.98. The number of aromatic nitrogens is 5. The van der Waals surface area contributed by atoms with Crippen molar-refractivity contribution < 1.29 is 9.26 Å². The monoisotopic (exact) mass is 462 g/mol.